The molecule has 0 saturated carbocycles. The SMILES string of the molecule is COc1ccc(N(Cc2cccc(F)c2)c2ccc(C(=O)NS(=O)(=O)c3ccc(F)cc3)cc2)cc1OC1CCCO1. The van der Waals surface area contributed by atoms with Gasteiger partial charge in [0.05, 0.1) is 18.6 Å². The first kappa shape index (κ1) is 29.0. The Morgan fingerprint density at radius 3 is 2.33 bits per heavy atom. The van der Waals surface area contributed by atoms with Gasteiger partial charge in [-0.05, 0) is 84.8 Å². The second-order valence-electron chi connectivity index (χ2n) is 9.55. The maximum atomic E-state index is 14.1. The van der Waals surface area contributed by atoms with Gasteiger partial charge in [-0.1, -0.05) is 12.1 Å². The van der Waals surface area contributed by atoms with E-state index in [0.29, 0.717) is 35.0 Å². The van der Waals surface area contributed by atoms with Crippen LogP contribution >= 0.6 is 0 Å². The van der Waals surface area contributed by atoms with Gasteiger partial charge in [0.25, 0.3) is 15.9 Å². The number of sulfonamides is 1. The molecule has 4 aromatic rings. The molecule has 1 unspecified atom stereocenters. The lowest BCUT2D eigenvalue weighted by Gasteiger charge is -2.27. The third-order valence-electron chi connectivity index (χ3n) is 6.63. The average molecular weight is 595 g/mol. The van der Waals surface area contributed by atoms with Gasteiger partial charge in [0, 0.05) is 36.0 Å². The Kier molecular flexibility index (Phi) is 8.69. The molecule has 0 radical (unpaired) electrons. The second-order valence-corrected chi connectivity index (χ2v) is 11.2. The van der Waals surface area contributed by atoms with Crippen molar-refractivity contribution in [2.75, 3.05) is 18.6 Å². The van der Waals surface area contributed by atoms with Crippen LogP contribution in [-0.2, 0) is 21.3 Å². The molecule has 1 aliphatic rings. The Labute approximate surface area is 242 Å². The van der Waals surface area contributed by atoms with Crippen LogP contribution in [0.5, 0.6) is 11.5 Å². The molecular formula is C31H28F2N2O6S. The molecule has 1 amide bonds. The Hall–Kier alpha value is -4.48. The molecule has 0 spiro atoms. The molecule has 8 nitrogen and oxygen atoms in total. The van der Waals surface area contributed by atoms with Crippen molar-refractivity contribution in [1.82, 2.24) is 4.72 Å². The number of nitrogens with zero attached hydrogens (tertiary/aromatic N) is 1. The van der Waals surface area contributed by atoms with Gasteiger partial charge in [-0.3, -0.25) is 4.79 Å². The quantitative estimate of drug-likeness (QED) is 0.243. The highest BCUT2D eigenvalue weighted by Crippen LogP contribution is 2.37. The van der Waals surface area contributed by atoms with E-state index >= 15 is 0 Å². The normalized spacial score (nSPS) is 14.8. The summed E-state index contributed by atoms with van der Waals surface area (Å²) in [5.74, 6) is -0.818. The molecule has 1 fully saturated rings. The third-order valence-corrected chi connectivity index (χ3v) is 7.97. The summed E-state index contributed by atoms with van der Waals surface area (Å²) in [6, 6.07) is 22.0. The average Bonchev–Trinajstić information content (AvgIpc) is 3.49. The van der Waals surface area contributed by atoms with E-state index in [-0.39, 0.29) is 22.8 Å². The monoisotopic (exact) mass is 594 g/mol. The minimum atomic E-state index is -4.21. The minimum absolute atomic E-state index is 0.0901. The standard InChI is InChI=1S/C31H28F2N2O6S/c1-39-28-16-13-26(19-29(28)41-30-6-3-17-40-30)35(20-21-4-2-5-24(33)18-21)25-11-7-22(8-12-25)31(36)34-42(37,38)27-14-9-23(32)10-15-27/h2,4-5,7-16,18-19,30H,3,6,17,20H2,1H3,(H,34,36). The van der Waals surface area contributed by atoms with Gasteiger partial charge < -0.3 is 19.1 Å². The molecule has 1 saturated heterocycles. The number of rotatable bonds is 10. The summed E-state index contributed by atoms with van der Waals surface area (Å²) in [5.41, 5.74) is 2.13. The summed E-state index contributed by atoms with van der Waals surface area (Å²) >= 11 is 0. The third kappa shape index (κ3) is 6.87. The Morgan fingerprint density at radius 2 is 1.67 bits per heavy atom. The van der Waals surface area contributed by atoms with Crippen LogP contribution in [-0.4, -0.2) is 34.3 Å². The fraction of sp³-hybridized carbons (Fsp3) is 0.194. The Morgan fingerprint density at radius 1 is 0.929 bits per heavy atom. The number of ether oxygens (including phenoxy) is 3. The van der Waals surface area contributed by atoms with Crippen molar-refractivity contribution in [3.63, 3.8) is 0 Å². The highest BCUT2D eigenvalue weighted by molar-refractivity contribution is 7.90. The van der Waals surface area contributed by atoms with Gasteiger partial charge in [0.2, 0.25) is 0 Å². The van der Waals surface area contributed by atoms with E-state index in [0.717, 1.165) is 37.1 Å². The van der Waals surface area contributed by atoms with Crippen molar-refractivity contribution in [1.29, 1.82) is 0 Å². The second kappa shape index (κ2) is 12.6. The molecule has 42 heavy (non-hydrogen) atoms. The largest absolute Gasteiger partial charge is 0.493 e. The number of carbonyl (C=O) groups excluding carboxylic acids is 1. The fourth-order valence-electron chi connectivity index (χ4n) is 4.50. The topological polar surface area (TPSA) is 94.2 Å². The van der Waals surface area contributed by atoms with Gasteiger partial charge in [-0.2, -0.15) is 0 Å². The number of hydrogen-bond acceptors (Lipinski definition) is 7. The molecule has 0 bridgehead atoms. The first-order chi connectivity index (χ1) is 20.2. The van der Waals surface area contributed by atoms with E-state index in [1.54, 1.807) is 43.5 Å². The van der Waals surface area contributed by atoms with E-state index < -0.39 is 28.0 Å². The van der Waals surface area contributed by atoms with Gasteiger partial charge in [0.1, 0.15) is 11.6 Å². The molecule has 1 aliphatic heterocycles. The lowest BCUT2D eigenvalue weighted by molar-refractivity contribution is -0.0402. The van der Waals surface area contributed by atoms with Crippen LogP contribution < -0.4 is 19.1 Å². The van der Waals surface area contributed by atoms with Crippen molar-refractivity contribution in [3.05, 3.63) is 114 Å². The highest BCUT2D eigenvalue weighted by Gasteiger charge is 2.22. The number of carbonyl (C=O) groups is 1. The van der Waals surface area contributed by atoms with E-state index in [9.17, 15) is 22.0 Å². The number of amides is 1. The van der Waals surface area contributed by atoms with Crippen LogP contribution in [0.15, 0.2) is 95.9 Å². The maximum Gasteiger partial charge on any atom is 0.264 e. The van der Waals surface area contributed by atoms with Gasteiger partial charge >= 0.3 is 0 Å². The van der Waals surface area contributed by atoms with Crippen LogP contribution in [0.25, 0.3) is 0 Å². The number of methoxy groups -OCH3 is 1. The van der Waals surface area contributed by atoms with Crippen molar-refractivity contribution in [2.24, 2.45) is 0 Å². The van der Waals surface area contributed by atoms with Crippen molar-refractivity contribution in [3.8, 4) is 11.5 Å². The molecule has 1 atom stereocenters. The van der Waals surface area contributed by atoms with Gasteiger partial charge in [0.15, 0.2) is 17.8 Å². The smallest absolute Gasteiger partial charge is 0.264 e. The zero-order chi connectivity index (χ0) is 29.7. The number of nitrogens with one attached hydrogen (secondary N) is 1. The summed E-state index contributed by atoms with van der Waals surface area (Å²) in [6.07, 6.45) is 1.25. The number of hydrogen-bond donors (Lipinski definition) is 1. The molecule has 5 rings (SSSR count). The zero-order valence-electron chi connectivity index (χ0n) is 22.6. The van der Waals surface area contributed by atoms with E-state index in [1.165, 1.54) is 24.3 Å². The van der Waals surface area contributed by atoms with Crippen molar-refractivity contribution in [2.45, 2.75) is 30.6 Å². The molecule has 1 heterocycles. The first-order valence-electron chi connectivity index (χ1n) is 13.1. The number of anilines is 2. The Balaban J connectivity index is 1.43. The van der Waals surface area contributed by atoms with Crippen LogP contribution in [0.2, 0.25) is 0 Å². The van der Waals surface area contributed by atoms with Gasteiger partial charge in [-0.25, -0.2) is 21.9 Å². The molecule has 1 N–H and O–H groups in total. The molecule has 0 aliphatic carbocycles. The molecule has 218 valence electrons. The summed E-state index contributed by atoms with van der Waals surface area (Å²) in [6.45, 7) is 0.886. The van der Waals surface area contributed by atoms with Crippen molar-refractivity contribution >= 4 is 27.3 Å². The Bertz CT molecular complexity index is 1660. The van der Waals surface area contributed by atoms with Crippen molar-refractivity contribution < 1.29 is 36.2 Å². The lowest BCUT2D eigenvalue weighted by atomic mass is 10.1. The maximum absolute atomic E-state index is 14.1. The highest BCUT2D eigenvalue weighted by atomic mass is 32.2. The van der Waals surface area contributed by atoms with Crippen LogP contribution in [0.3, 0.4) is 0 Å². The van der Waals surface area contributed by atoms with E-state index in [1.807, 2.05) is 15.7 Å². The predicted molar refractivity (Wildman–Crippen MR) is 152 cm³/mol. The van der Waals surface area contributed by atoms with Gasteiger partial charge in [-0.15, -0.1) is 0 Å². The van der Waals surface area contributed by atoms with Crippen LogP contribution in [0.1, 0.15) is 28.8 Å². The molecule has 4 aromatic carbocycles. The summed E-state index contributed by atoms with van der Waals surface area (Å²) in [7, 11) is -2.66. The fourth-order valence-corrected chi connectivity index (χ4v) is 5.48. The predicted octanol–water partition coefficient (Wildman–Crippen LogP) is 5.95. The van der Waals surface area contributed by atoms with Crippen LogP contribution in [0.4, 0.5) is 20.2 Å². The molecular weight excluding hydrogens is 566 g/mol. The van der Waals surface area contributed by atoms with E-state index in [4.69, 9.17) is 14.2 Å². The number of halogens is 2. The molecule has 0 aromatic heterocycles. The minimum Gasteiger partial charge on any atom is -0.493 e. The molecule has 11 heteroatoms. The first-order valence-corrected chi connectivity index (χ1v) is 14.6. The summed E-state index contributed by atoms with van der Waals surface area (Å²) in [5, 5.41) is 0. The number of benzene rings is 4. The lowest BCUT2D eigenvalue weighted by Crippen LogP contribution is -2.30. The zero-order valence-corrected chi connectivity index (χ0v) is 23.4. The summed E-state index contributed by atoms with van der Waals surface area (Å²) < 4.78 is 71.7. The van der Waals surface area contributed by atoms with Crippen LogP contribution in [0, 0.1) is 11.6 Å². The summed E-state index contributed by atoms with van der Waals surface area (Å²) in [4.78, 5) is 14.5. The van der Waals surface area contributed by atoms with E-state index in [2.05, 4.69) is 0 Å².